The fourth-order valence-corrected chi connectivity index (χ4v) is 5.83. The maximum Gasteiger partial charge on any atom is 0.124 e. The molecule has 2 heterocycles. The fourth-order valence-electron chi connectivity index (χ4n) is 4.88. The third-order valence-electron chi connectivity index (χ3n) is 6.74. The number of thioether (sulfide) groups is 1. The summed E-state index contributed by atoms with van der Waals surface area (Å²) in [7, 11) is 1.69. The molecule has 0 unspecified atom stereocenters. The minimum atomic E-state index is -0.181. The molecular formula is C27H33FN2O2S. The Labute approximate surface area is 200 Å². The van der Waals surface area contributed by atoms with Gasteiger partial charge in [0.15, 0.2) is 0 Å². The number of rotatable bonds is 10. The van der Waals surface area contributed by atoms with Crippen LogP contribution in [0.3, 0.4) is 0 Å². The van der Waals surface area contributed by atoms with Gasteiger partial charge in [-0.25, -0.2) is 4.39 Å². The van der Waals surface area contributed by atoms with Crippen LogP contribution in [-0.4, -0.2) is 54.1 Å². The Morgan fingerprint density at radius 3 is 2.91 bits per heavy atom. The maximum atomic E-state index is 13.4. The number of aliphatic hydroxyl groups excluding tert-OH is 1. The van der Waals surface area contributed by atoms with Gasteiger partial charge in [0, 0.05) is 41.9 Å². The number of aromatic nitrogens is 1. The highest BCUT2D eigenvalue weighted by atomic mass is 32.2. The third kappa shape index (κ3) is 6.46. The summed E-state index contributed by atoms with van der Waals surface area (Å²) in [5.74, 6) is 2.50. The Morgan fingerprint density at radius 2 is 2.09 bits per heavy atom. The molecule has 0 radical (unpaired) electrons. The van der Waals surface area contributed by atoms with E-state index in [1.807, 2.05) is 24.4 Å². The van der Waals surface area contributed by atoms with E-state index in [4.69, 9.17) is 4.74 Å². The standard InChI is InChI=1S/C27H33FN2O2S/c1-32-24-8-9-27-26(17-24)21(10-12-29-27)5-2-4-20-11-13-30(18-22(20)19-31)14-15-33-25-7-3-6-23(28)16-25/h3,6-10,12,16-17,20,22,31H,2,4-5,11,13-15,18-19H2,1H3/t20-,22-/m1/s1. The van der Waals surface area contributed by atoms with Gasteiger partial charge in [0.05, 0.1) is 12.6 Å². The van der Waals surface area contributed by atoms with Gasteiger partial charge >= 0.3 is 0 Å². The zero-order valence-corrected chi connectivity index (χ0v) is 20.1. The van der Waals surface area contributed by atoms with Gasteiger partial charge < -0.3 is 14.7 Å². The number of benzene rings is 2. The molecule has 6 heteroatoms. The zero-order chi connectivity index (χ0) is 23.0. The normalized spacial score (nSPS) is 19.1. The van der Waals surface area contributed by atoms with Crippen LogP contribution in [0, 0.1) is 17.7 Å². The van der Waals surface area contributed by atoms with Crippen LogP contribution < -0.4 is 4.74 Å². The summed E-state index contributed by atoms with van der Waals surface area (Å²) in [4.78, 5) is 7.91. The summed E-state index contributed by atoms with van der Waals surface area (Å²) in [6.07, 6.45) is 6.26. The van der Waals surface area contributed by atoms with E-state index in [1.165, 1.54) is 17.0 Å². The maximum absolute atomic E-state index is 13.4. The lowest BCUT2D eigenvalue weighted by molar-refractivity contribution is 0.0710. The minimum absolute atomic E-state index is 0.181. The van der Waals surface area contributed by atoms with Gasteiger partial charge in [-0.3, -0.25) is 4.98 Å². The number of aryl methyl sites for hydroxylation is 1. The number of halogens is 1. The van der Waals surface area contributed by atoms with Gasteiger partial charge in [0.1, 0.15) is 11.6 Å². The molecular weight excluding hydrogens is 435 g/mol. The van der Waals surface area contributed by atoms with Crippen LogP contribution in [0.1, 0.15) is 24.8 Å². The number of fused-ring (bicyclic) bond motifs is 1. The highest BCUT2D eigenvalue weighted by Crippen LogP contribution is 2.30. The second kappa shape index (κ2) is 11.8. The molecule has 1 aliphatic rings. The molecule has 2 aromatic carbocycles. The molecule has 1 fully saturated rings. The second-order valence-electron chi connectivity index (χ2n) is 8.84. The molecule has 1 saturated heterocycles. The molecule has 2 atom stereocenters. The molecule has 0 bridgehead atoms. The summed E-state index contributed by atoms with van der Waals surface area (Å²) in [5, 5.41) is 11.2. The van der Waals surface area contributed by atoms with Crippen molar-refractivity contribution >= 4 is 22.7 Å². The molecule has 0 spiro atoms. The van der Waals surface area contributed by atoms with Crippen LogP contribution in [0.15, 0.2) is 59.6 Å². The van der Waals surface area contributed by atoms with E-state index in [0.29, 0.717) is 11.8 Å². The van der Waals surface area contributed by atoms with Crippen LogP contribution in [0.25, 0.3) is 10.9 Å². The van der Waals surface area contributed by atoms with E-state index in [1.54, 1.807) is 31.0 Å². The van der Waals surface area contributed by atoms with E-state index in [9.17, 15) is 9.50 Å². The number of hydrogen-bond acceptors (Lipinski definition) is 5. The van der Waals surface area contributed by atoms with Crippen molar-refractivity contribution in [3.8, 4) is 5.75 Å². The Balaban J connectivity index is 1.25. The second-order valence-corrected chi connectivity index (χ2v) is 10.0. The zero-order valence-electron chi connectivity index (χ0n) is 19.3. The van der Waals surface area contributed by atoms with Crippen molar-refractivity contribution in [3.63, 3.8) is 0 Å². The molecule has 1 aromatic heterocycles. The number of pyridine rings is 1. The van der Waals surface area contributed by atoms with Crippen molar-refractivity contribution in [2.45, 2.75) is 30.6 Å². The van der Waals surface area contributed by atoms with E-state index in [0.717, 1.165) is 67.2 Å². The molecule has 0 amide bonds. The van der Waals surface area contributed by atoms with Crippen molar-refractivity contribution in [2.75, 3.05) is 39.1 Å². The first-order valence-corrected chi connectivity index (χ1v) is 12.8. The summed E-state index contributed by atoms with van der Waals surface area (Å²) < 4.78 is 18.7. The SMILES string of the molecule is COc1ccc2nccc(CCC[C@@H]3CCN(CCSc4cccc(F)c4)C[C@@H]3CO)c2c1. The number of likely N-dealkylation sites (tertiary alicyclic amines) is 1. The molecule has 176 valence electrons. The first-order valence-electron chi connectivity index (χ1n) is 11.8. The number of aliphatic hydroxyl groups is 1. The van der Waals surface area contributed by atoms with Gasteiger partial charge in [-0.2, -0.15) is 0 Å². The average Bonchev–Trinajstić information content (AvgIpc) is 2.84. The molecule has 1 aliphatic heterocycles. The van der Waals surface area contributed by atoms with E-state index >= 15 is 0 Å². The molecule has 4 nitrogen and oxygen atoms in total. The molecule has 0 aliphatic carbocycles. The highest BCUT2D eigenvalue weighted by molar-refractivity contribution is 7.99. The van der Waals surface area contributed by atoms with Gasteiger partial charge in [0.2, 0.25) is 0 Å². The van der Waals surface area contributed by atoms with E-state index in [-0.39, 0.29) is 12.4 Å². The monoisotopic (exact) mass is 468 g/mol. The van der Waals surface area contributed by atoms with Gasteiger partial charge in [-0.1, -0.05) is 6.07 Å². The van der Waals surface area contributed by atoms with Crippen molar-refractivity contribution in [2.24, 2.45) is 11.8 Å². The van der Waals surface area contributed by atoms with Crippen molar-refractivity contribution < 1.29 is 14.2 Å². The summed E-state index contributed by atoms with van der Waals surface area (Å²) in [6, 6.07) is 15.0. The molecule has 33 heavy (non-hydrogen) atoms. The number of ether oxygens (including phenoxy) is 1. The number of piperidine rings is 1. The lowest BCUT2D eigenvalue weighted by atomic mass is 9.82. The Bertz CT molecular complexity index is 1050. The van der Waals surface area contributed by atoms with Crippen molar-refractivity contribution in [1.29, 1.82) is 0 Å². The van der Waals surface area contributed by atoms with Gasteiger partial charge in [-0.05, 0) is 92.1 Å². The van der Waals surface area contributed by atoms with Gasteiger partial charge in [0.25, 0.3) is 0 Å². The van der Waals surface area contributed by atoms with Crippen LogP contribution in [0.5, 0.6) is 5.75 Å². The van der Waals surface area contributed by atoms with Crippen LogP contribution in [0.4, 0.5) is 4.39 Å². The first kappa shape index (κ1) is 24.0. The van der Waals surface area contributed by atoms with Crippen molar-refractivity contribution in [3.05, 3.63) is 66.1 Å². The predicted molar refractivity (Wildman–Crippen MR) is 133 cm³/mol. The third-order valence-corrected chi connectivity index (χ3v) is 7.72. The molecule has 4 rings (SSSR count). The molecule has 3 aromatic rings. The largest absolute Gasteiger partial charge is 0.497 e. The smallest absolute Gasteiger partial charge is 0.124 e. The number of methoxy groups -OCH3 is 1. The summed E-state index contributed by atoms with van der Waals surface area (Å²) >= 11 is 1.69. The van der Waals surface area contributed by atoms with Crippen LogP contribution in [-0.2, 0) is 6.42 Å². The molecule has 0 saturated carbocycles. The van der Waals surface area contributed by atoms with Crippen LogP contribution in [0.2, 0.25) is 0 Å². The quantitative estimate of drug-likeness (QED) is 0.402. The number of nitrogens with zero attached hydrogens (tertiary/aromatic N) is 2. The predicted octanol–water partition coefficient (Wildman–Crippen LogP) is 5.43. The molecule has 1 N–H and O–H groups in total. The van der Waals surface area contributed by atoms with Crippen molar-refractivity contribution in [1.82, 2.24) is 9.88 Å². The topological polar surface area (TPSA) is 45.6 Å². The minimum Gasteiger partial charge on any atom is -0.497 e. The summed E-state index contributed by atoms with van der Waals surface area (Å²) in [5.41, 5.74) is 2.32. The van der Waals surface area contributed by atoms with Gasteiger partial charge in [-0.15, -0.1) is 11.8 Å². The highest BCUT2D eigenvalue weighted by Gasteiger charge is 2.28. The fraction of sp³-hybridized carbons (Fsp3) is 0.444. The lowest BCUT2D eigenvalue weighted by Gasteiger charge is -2.38. The van der Waals surface area contributed by atoms with E-state index in [2.05, 4.69) is 22.0 Å². The summed E-state index contributed by atoms with van der Waals surface area (Å²) in [6.45, 7) is 3.23. The first-order chi connectivity index (χ1) is 16.2. The Kier molecular flexibility index (Phi) is 8.59. The lowest BCUT2D eigenvalue weighted by Crippen LogP contribution is -2.42. The number of hydrogen-bond donors (Lipinski definition) is 1. The van der Waals surface area contributed by atoms with E-state index < -0.39 is 0 Å². The average molecular weight is 469 g/mol. The Hall–Kier alpha value is -2.15. The van der Waals surface area contributed by atoms with Crippen LogP contribution >= 0.6 is 11.8 Å². The Morgan fingerprint density at radius 1 is 1.18 bits per heavy atom.